The molecule has 20 heavy (non-hydrogen) atoms. The first-order valence-electron chi connectivity index (χ1n) is 6.68. The molecule has 4 nitrogen and oxygen atoms in total. The Morgan fingerprint density at radius 2 is 1.90 bits per heavy atom. The predicted molar refractivity (Wildman–Crippen MR) is 79.9 cm³/mol. The van der Waals surface area contributed by atoms with Crippen molar-refractivity contribution in [3.63, 3.8) is 0 Å². The molecule has 3 rings (SSSR count). The van der Waals surface area contributed by atoms with Gasteiger partial charge in [0.2, 0.25) is 0 Å². The molecular formula is C15H14BrNO3. The number of hydrogen-bond acceptors (Lipinski definition) is 3. The summed E-state index contributed by atoms with van der Waals surface area (Å²) >= 11 is 3.32. The highest BCUT2D eigenvalue weighted by molar-refractivity contribution is 9.10. The number of likely N-dealkylation sites (tertiary alicyclic amines) is 1. The minimum Gasteiger partial charge on any atom is -0.451 e. The van der Waals surface area contributed by atoms with Crippen LogP contribution >= 0.6 is 15.9 Å². The van der Waals surface area contributed by atoms with Crippen molar-refractivity contribution < 1.29 is 9.21 Å². The van der Waals surface area contributed by atoms with Gasteiger partial charge in [-0.15, -0.1) is 0 Å². The minimum atomic E-state index is -0.188. The van der Waals surface area contributed by atoms with Crippen molar-refractivity contribution in [1.82, 2.24) is 4.90 Å². The van der Waals surface area contributed by atoms with E-state index in [2.05, 4.69) is 15.9 Å². The number of halogens is 1. The first kappa shape index (κ1) is 13.4. The van der Waals surface area contributed by atoms with Gasteiger partial charge in [-0.1, -0.05) is 15.9 Å². The molecular weight excluding hydrogens is 322 g/mol. The minimum absolute atomic E-state index is 0.131. The van der Waals surface area contributed by atoms with Gasteiger partial charge in [-0.2, -0.15) is 0 Å². The van der Waals surface area contributed by atoms with Gasteiger partial charge in [-0.3, -0.25) is 9.59 Å². The average molecular weight is 336 g/mol. The molecule has 1 fully saturated rings. The molecule has 0 N–H and O–H groups in total. The SMILES string of the molecule is O=C(c1cc(=O)c2cc(Br)ccc2o1)N1CCCCC1. The van der Waals surface area contributed by atoms with Crippen molar-refractivity contribution in [3.05, 3.63) is 44.7 Å². The van der Waals surface area contributed by atoms with E-state index in [1.165, 1.54) is 6.07 Å². The third-order valence-electron chi connectivity index (χ3n) is 3.54. The van der Waals surface area contributed by atoms with Crippen LogP contribution in [-0.4, -0.2) is 23.9 Å². The first-order chi connectivity index (χ1) is 9.65. The smallest absolute Gasteiger partial charge is 0.289 e. The van der Waals surface area contributed by atoms with Gasteiger partial charge in [0.25, 0.3) is 5.91 Å². The summed E-state index contributed by atoms with van der Waals surface area (Å²) in [6.45, 7) is 1.47. The summed E-state index contributed by atoms with van der Waals surface area (Å²) in [6, 6.07) is 6.50. The quantitative estimate of drug-likeness (QED) is 0.804. The Balaban J connectivity index is 2.02. The van der Waals surface area contributed by atoms with Gasteiger partial charge in [0.15, 0.2) is 11.2 Å². The van der Waals surface area contributed by atoms with E-state index in [0.717, 1.165) is 36.8 Å². The molecule has 1 aliphatic rings. The second kappa shape index (κ2) is 5.40. The summed E-state index contributed by atoms with van der Waals surface area (Å²) in [5, 5.41) is 0.481. The second-order valence-corrected chi connectivity index (χ2v) is 5.88. The summed E-state index contributed by atoms with van der Waals surface area (Å²) in [6.07, 6.45) is 3.17. The van der Waals surface area contributed by atoms with Crippen LogP contribution in [0.15, 0.2) is 37.9 Å². The van der Waals surface area contributed by atoms with Gasteiger partial charge < -0.3 is 9.32 Å². The lowest BCUT2D eigenvalue weighted by atomic mass is 10.1. The molecule has 0 saturated carbocycles. The molecule has 1 aromatic carbocycles. The maximum Gasteiger partial charge on any atom is 0.289 e. The van der Waals surface area contributed by atoms with Crippen molar-refractivity contribution in [3.8, 4) is 0 Å². The van der Waals surface area contributed by atoms with E-state index in [4.69, 9.17) is 4.42 Å². The Hall–Kier alpha value is -1.62. The highest BCUT2D eigenvalue weighted by Crippen LogP contribution is 2.19. The number of rotatable bonds is 1. The highest BCUT2D eigenvalue weighted by atomic mass is 79.9. The molecule has 104 valence electrons. The molecule has 1 aromatic heterocycles. The fourth-order valence-electron chi connectivity index (χ4n) is 2.49. The van der Waals surface area contributed by atoms with E-state index in [-0.39, 0.29) is 17.1 Å². The van der Waals surface area contributed by atoms with Crippen LogP contribution < -0.4 is 5.43 Å². The average Bonchev–Trinajstić information content (AvgIpc) is 2.48. The third-order valence-corrected chi connectivity index (χ3v) is 4.04. The van der Waals surface area contributed by atoms with Crippen LogP contribution in [0.2, 0.25) is 0 Å². The van der Waals surface area contributed by atoms with E-state index >= 15 is 0 Å². The summed E-state index contributed by atoms with van der Waals surface area (Å²) < 4.78 is 6.41. The van der Waals surface area contributed by atoms with Gasteiger partial charge in [0.1, 0.15) is 5.58 Å². The Morgan fingerprint density at radius 3 is 2.65 bits per heavy atom. The molecule has 0 unspecified atom stereocenters. The molecule has 5 heteroatoms. The zero-order chi connectivity index (χ0) is 14.1. The second-order valence-electron chi connectivity index (χ2n) is 4.97. The van der Waals surface area contributed by atoms with Crippen molar-refractivity contribution in [2.45, 2.75) is 19.3 Å². The van der Waals surface area contributed by atoms with Gasteiger partial charge in [0, 0.05) is 23.6 Å². The fourth-order valence-corrected chi connectivity index (χ4v) is 2.85. The molecule has 1 aliphatic heterocycles. The predicted octanol–water partition coefficient (Wildman–Crippen LogP) is 3.18. The number of fused-ring (bicyclic) bond motifs is 1. The molecule has 1 amide bonds. The van der Waals surface area contributed by atoms with E-state index in [1.807, 2.05) is 0 Å². The number of amides is 1. The van der Waals surface area contributed by atoms with Gasteiger partial charge in [0.05, 0.1) is 5.39 Å². The fraction of sp³-hybridized carbons (Fsp3) is 0.333. The molecule has 0 aliphatic carbocycles. The number of hydrogen-bond donors (Lipinski definition) is 0. The largest absolute Gasteiger partial charge is 0.451 e. The van der Waals surface area contributed by atoms with Crippen molar-refractivity contribution >= 4 is 32.8 Å². The van der Waals surface area contributed by atoms with Crippen LogP contribution in [-0.2, 0) is 0 Å². The molecule has 0 spiro atoms. The molecule has 0 bridgehead atoms. The topological polar surface area (TPSA) is 50.5 Å². The number of piperidine rings is 1. The van der Waals surface area contributed by atoms with E-state index in [1.54, 1.807) is 23.1 Å². The lowest BCUT2D eigenvalue weighted by molar-refractivity contribution is 0.0692. The van der Waals surface area contributed by atoms with Crippen LogP contribution in [0.4, 0.5) is 0 Å². The van der Waals surface area contributed by atoms with Crippen LogP contribution in [0.5, 0.6) is 0 Å². The molecule has 1 saturated heterocycles. The number of carbonyl (C=O) groups is 1. The van der Waals surface area contributed by atoms with Crippen molar-refractivity contribution in [2.75, 3.05) is 13.1 Å². The van der Waals surface area contributed by atoms with E-state index in [9.17, 15) is 9.59 Å². The van der Waals surface area contributed by atoms with E-state index < -0.39 is 0 Å². The number of benzene rings is 1. The van der Waals surface area contributed by atoms with Crippen molar-refractivity contribution in [1.29, 1.82) is 0 Å². The Kier molecular flexibility index (Phi) is 3.61. The molecule has 2 aromatic rings. The number of nitrogens with zero attached hydrogens (tertiary/aromatic N) is 1. The van der Waals surface area contributed by atoms with Crippen LogP contribution in [0.1, 0.15) is 29.8 Å². The first-order valence-corrected chi connectivity index (χ1v) is 7.47. The Labute approximate surface area is 124 Å². The van der Waals surface area contributed by atoms with Crippen molar-refractivity contribution in [2.24, 2.45) is 0 Å². The maximum atomic E-state index is 12.3. The lowest BCUT2D eigenvalue weighted by Gasteiger charge is -2.26. The van der Waals surface area contributed by atoms with Crippen LogP contribution in [0.25, 0.3) is 11.0 Å². The zero-order valence-corrected chi connectivity index (χ0v) is 12.5. The number of carbonyl (C=O) groups excluding carboxylic acids is 1. The Morgan fingerprint density at radius 1 is 1.15 bits per heavy atom. The molecule has 0 radical (unpaired) electrons. The molecule has 0 atom stereocenters. The highest BCUT2D eigenvalue weighted by Gasteiger charge is 2.21. The van der Waals surface area contributed by atoms with Gasteiger partial charge >= 0.3 is 0 Å². The summed E-state index contributed by atoms with van der Waals surface area (Å²) in [4.78, 5) is 26.2. The Bertz CT molecular complexity index is 717. The zero-order valence-electron chi connectivity index (χ0n) is 10.9. The normalized spacial score (nSPS) is 15.6. The van der Waals surface area contributed by atoms with Gasteiger partial charge in [-0.05, 0) is 37.5 Å². The monoisotopic (exact) mass is 335 g/mol. The third kappa shape index (κ3) is 2.50. The van der Waals surface area contributed by atoms with E-state index in [0.29, 0.717) is 11.0 Å². The maximum absolute atomic E-state index is 12.3. The summed E-state index contributed by atoms with van der Waals surface area (Å²) in [5.74, 6) is -0.0571. The standard InChI is InChI=1S/C15H14BrNO3/c16-10-4-5-13-11(8-10)12(18)9-14(20-13)15(19)17-6-2-1-3-7-17/h4-5,8-9H,1-3,6-7H2. The van der Waals surface area contributed by atoms with Gasteiger partial charge in [-0.25, -0.2) is 0 Å². The summed E-state index contributed by atoms with van der Waals surface area (Å²) in [5.41, 5.74) is 0.258. The molecule has 2 heterocycles. The summed E-state index contributed by atoms with van der Waals surface area (Å²) in [7, 11) is 0. The lowest BCUT2D eigenvalue weighted by Crippen LogP contribution is -2.35. The van der Waals surface area contributed by atoms with Crippen LogP contribution in [0, 0.1) is 0 Å². The van der Waals surface area contributed by atoms with Crippen LogP contribution in [0.3, 0.4) is 0 Å².